The van der Waals surface area contributed by atoms with Crippen LogP contribution in [0.15, 0.2) is 0 Å². The average molecular weight is 229 g/mol. The molecule has 16 heavy (non-hydrogen) atoms. The van der Waals surface area contributed by atoms with Crippen LogP contribution in [-0.2, 0) is 19.1 Å². The van der Waals surface area contributed by atoms with Crippen molar-refractivity contribution in [2.45, 2.75) is 19.8 Å². The highest BCUT2D eigenvalue weighted by atomic mass is 16.5. The van der Waals surface area contributed by atoms with E-state index in [4.69, 9.17) is 9.47 Å². The Morgan fingerprint density at radius 3 is 2.56 bits per heavy atom. The Balaban J connectivity index is 2.12. The molecule has 0 saturated carbocycles. The van der Waals surface area contributed by atoms with Gasteiger partial charge in [0.2, 0.25) is 0 Å². The van der Waals surface area contributed by atoms with Gasteiger partial charge in [-0.2, -0.15) is 0 Å². The molecular weight excluding hydrogens is 210 g/mol. The smallest absolute Gasteiger partial charge is 0.306 e. The Kier molecular flexibility index (Phi) is 6.03. The number of ketones is 1. The van der Waals surface area contributed by atoms with E-state index in [1.807, 2.05) is 0 Å². The van der Waals surface area contributed by atoms with E-state index in [9.17, 15) is 9.59 Å². The summed E-state index contributed by atoms with van der Waals surface area (Å²) in [5.41, 5.74) is 0. The molecule has 1 aliphatic heterocycles. The molecule has 5 heteroatoms. The van der Waals surface area contributed by atoms with Crippen molar-refractivity contribution in [2.24, 2.45) is 0 Å². The van der Waals surface area contributed by atoms with Crippen molar-refractivity contribution in [1.82, 2.24) is 4.90 Å². The van der Waals surface area contributed by atoms with Crippen molar-refractivity contribution < 1.29 is 19.1 Å². The first-order valence-corrected chi connectivity index (χ1v) is 5.69. The van der Waals surface area contributed by atoms with Gasteiger partial charge in [-0.25, -0.2) is 0 Å². The lowest BCUT2D eigenvalue weighted by Crippen LogP contribution is -2.39. The highest BCUT2D eigenvalue weighted by molar-refractivity contribution is 5.84. The van der Waals surface area contributed by atoms with Crippen LogP contribution in [0, 0.1) is 0 Å². The van der Waals surface area contributed by atoms with Crippen LogP contribution in [0.4, 0.5) is 0 Å². The first-order valence-electron chi connectivity index (χ1n) is 5.69. The molecule has 1 fully saturated rings. The second-order valence-electron chi connectivity index (χ2n) is 3.73. The maximum atomic E-state index is 11.5. The number of esters is 1. The number of carbonyl (C=O) groups excluding carboxylic acids is 2. The molecule has 1 aliphatic rings. The van der Waals surface area contributed by atoms with E-state index in [1.54, 1.807) is 6.92 Å². The molecule has 0 N–H and O–H groups in total. The minimum Gasteiger partial charge on any atom is -0.466 e. The minimum atomic E-state index is -0.294. The van der Waals surface area contributed by atoms with Gasteiger partial charge in [-0.3, -0.25) is 14.5 Å². The van der Waals surface area contributed by atoms with Gasteiger partial charge in [-0.05, 0) is 6.92 Å². The van der Waals surface area contributed by atoms with Crippen LogP contribution in [0.3, 0.4) is 0 Å². The van der Waals surface area contributed by atoms with Gasteiger partial charge in [0.1, 0.15) is 5.78 Å². The van der Waals surface area contributed by atoms with Gasteiger partial charge < -0.3 is 9.47 Å². The van der Waals surface area contributed by atoms with Crippen molar-refractivity contribution in [2.75, 3.05) is 39.5 Å². The van der Waals surface area contributed by atoms with Crippen molar-refractivity contribution in [3.63, 3.8) is 0 Å². The highest BCUT2D eigenvalue weighted by Gasteiger charge is 2.15. The lowest BCUT2D eigenvalue weighted by Gasteiger charge is -2.25. The van der Waals surface area contributed by atoms with Gasteiger partial charge in [0.25, 0.3) is 0 Å². The third-order valence-electron chi connectivity index (χ3n) is 2.42. The molecule has 0 aromatic heterocycles. The number of ether oxygens (including phenoxy) is 2. The maximum absolute atomic E-state index is 11.5. The van der Waals surface area contributed by atoms with Crippen LogP contribution in [0.2, 0.25) is 0 Å². The van der Waals surface area contributed by atoms with Gasteiger partial charge in [0.05, 0.1) is 32.8 Å². The molecule has 1 rings (SSSR count). The first-order chi connectivity index (χ1) is 7.72. The standard InChI is InChI=1S/C11H19NO4/c1-2-16-11(14)4-3-10(13)9-12-5-7-15-8-6-12/h2-9H2,1H3. The number of rotatable bonds is 6. The molecule has 5 nitrogen and oxygen atoms in total. The normalized spacial score (nSPS) is 17.1. The van der Waals surface area contributed by atoms with Gasteiger partial charge in [-0.15, -0.1) is 0 Å². The van der Waals surface area contributed by atoms with Gasteiger partial charge in [0, 0.05) is 19.5 Å². The van der Waals surface area contributed by atoms with Crippen LogP contribution in [0.5, 0.6) is 0 Å². The third kappa shape index (κ3) is 5.23. The van der Waals surface area contributed by atoms with Gasteiger partial charge in [-0.1, -0.05) is 0 Å². The van der Waals surface area contributed by atoms with Crippen molar-refractivity contribution in [3.8, 4) is 0 Å². The molecule has 0 bridgehead atoms. The summed E-state index contributed by atoms with van der Waals surface area (Å²) in [5, 5.41) is 0. The molecule has 0 aromatic carbocycles. The second kappa shape index (κ2) is 7.35. The molecule has 1 heterocycles. The molecule has 1 saturated heterocycles. The Bertz CT molecular complexity index is 236. The van der Waals surface area contributed by atoms with E-state index in [0.717, 1.165) is 13.1 Å². The molecule has 0 spiro atoms. The number of hydrogen-bond acceptors (Lipinski definition) is 5. The lowest BCUT2D eigenvalue weighted by atomic mass is 10.2. The molecule has 0 aromatic rings. The summed E-state index contributed by atoms with van der Waals surface area (Å²) in [5.74, 6) is -0.201. The maximum Gasteiger partial charge on any atom is 0.306 e. The van der Waals surface area contributed by atoms with Crippen LogP contribution < -0.4 is 0 Å². The molecule has 0 unspecified atom stereocenters. The minimum absolute atomic E-state index is 0.0925. The number of morpholine rings is 1. The molecule has 0 amide bonds. The van der Waals surface area contributed by atoms with Crippen LogP contribution in [0.25, 0.3) is 0 Å². The predicted octanol–water partition coefficient (Wildman–Crippen LogP) is 0.231. The fourth-order valence-electron chi connectivity index (χ4n) is 1.56. The largest absolute Gasteiger partial charge is 0.466 e. The van der Waals surface area contributed by atoms with Crippen molar-refractivity contribution in [1.29, 1.82) is 0 Å². The zero-order chi connectivity index (χ0) is 11.8. The Morgan fingerprint density at radius 2 is 1.94 bits per heavy atom. The number of carbonyl (C=O) groups is 2. The topological polar surface area (TPSA) is 55.8 Å². The van der Waals surface area contributed by atoms with Crippen molar-refractivity contribution in [3.05, 3.63) is 0 Å². The molecule has 0 atom stereocenters. The lowest BCUT2D eigenvalue weighted by molar-refractivity contribution is -0.144. The SMILES string of the molecule is CCOC(=O)CCC(=O)CN1CCOCC1. The third-order valence-corrected chi connectivity index (χ3v) is 2.42. The van der Waals surface area contributed by atoms with E-state index in [1.165, 1.54) is 0 Å². The summed E-state index contributed by atoms with van der Waals surface area (Å²) >= 11 is 0. The van der Waals surface area contributed by atoms with Gasteiger partial charge in [0.15, 0.2) is 0 Å². The fourth-order valence-corrected chi connectivity index (χ4v) is 1.56. The Hall–Kier alpha value is -0.940. The van der Waals surface area contributed by atoms with Crippen LogP contribution in [0.1, 0.15) is 19.8 Å². The first kappa shape index (κ1) is 13.1. The fraction of sp³-hybridized carbons (Fsp3) is 0.818. The molecule has 92 valence electrons. The molecule has 0 radical (unpaired) electrons. The Morgan fingerprint density at radius 1 is 1.25 bits per heavy atom. The van der Waals surface area contributed by atoms with E-state index in [-0.39, 0.29) is 24.6 Å². The average Bonchev–Trinajstić information content (AvgIpc) is 2.28. The van der Waals surface area contributed by atoms with E-state index in [2.05, 4.69) is 4.90 Å². The summed E-state index contributed by atoms with van der Waals surface area (Å²) in [6, 6.07) is 0. The summed E-state index contributed by atoms with van der Waals surface area (Å²) in [6.45, 7) is 5.51. The van der Waals surface area contributed by atoms with Crippen LogP contribution >= 0.6 is 0 Å². The zero-order valence-corrected chi connectivity index (χ0v) is 9.74. The Labute approximate surface area is 95.7 Å². The predicted molar refractivity (Wildman–Crippen MR) is 58.1 cm³/mol. The van der Waals surface area contributed by atoms with Crippen LogP contribution in [-0.4, -0.2) is 56.1 Å². The zero-order valence-electron chi connectivity index (χ0n) is 9.74. The van der Waals surface area contributed by atoms with E-state index < -0.39 is 0 Å². The summed E-state index contributed by atoms with van der Waals surface area (Å²) < 4.78 is 9.94. The second-order valence-corrected chi connectivity index (χ2v) is 3.73. The number of nitrogens with zero attached hydrogens (tertiary/aromatic N) is 1. The molecular formula is C11H19NO4. The van der Waals surface area contributed by atoms with E-state index in [0.29, 0.717) is 26.4 Å². The van der Waals surface area contributed by atoms with E-state index >= 15 is 0 Å². The quantitative estimate of drug-likeness (QED) is 0.610. The number of Topliss-reactive ketones (excluding diaryl/α,β-unsaturated/α-hetero) is 1. The molecule has 0 aliphatic carbocycles. The van der Waals surface area contributed by atoms with Gasteiger partial charge >= 0.3 is 5.97 Å². The summed E-state index contributed by atoms with van der Waals surface area (Å²) in [4.78, 5) is 24.6. The van der Waals surface area contributed by atoms with Crippen molar-refractivity contribution >= 4 is 11.8 Å². The summed E-state index contributed by atoms with van der Waals surface area (Å²) in [6.07, 6.45) is 0.465. The monoisotopic (exact) mass is 229 g/mol. The summed E-state index contributed by atoms with van der Waals surface area (Å²) in [7, 11) is 0. The highest BCUT2D eigenvalue weighted by Crippen LogP contribution is 2.00. The number of hydrogen-bond donors (Lipinski definition) is 0.